The third kappa shape index (κ3) is 4.01. The van der Waals surface area contributed by atoms with Gasteiger partial charge in [-0.3, -0.25) is 24.3 Å². The molecule has 1 aromatic carbocycles. The van der Waals surface area contributed by atoms with Crippen LogP contribution in [-0.2, 0) is 16.9 Å². The lowest BCUT2D eigenvalue weighted by molar-refractivity contribution is -0.385. The molecule has 11 heteroatoms. The molecule has 0 spiro atoms. The van der Waals surface area contributed by atoms with Crippen LogP contribution >= 0.6 is 11.6 Å². The van der Waals surface area contributed by atoms with Gasteiger partial charge in [-0.05, 0) is 31.5 Å². The van der Waals surface area contributed by atoms with Crippen LogP contribution in [0.15, 0.2) is 42.9 Å². The second-order valence-electron chi connectivity index (χ2n) is 6.57. The lowest BCUT2D eigenvalue weighted by atomic mass is 10.1. The summed E-state index contributed by atoms with van der Waals surface area (Å²) in [5, 5.41) is 21.7. The van der Waals surface area contributed by atoms with Gasteiger partial charge in [0, 0.05) is 6.20 Å². The number of rotatable bonds is 6. The van der Waals surface area contributed by atoms with Gasteiger partial charge in [-0.15, -0.1) is 0 Å². The van der Waals surface area contributed by atoms with E-state index in [1.165, 1.54) is 33.9 Å². The normalized spacial score (nSPS) is 11.4. The smallest absolute Gasteiger partial charge is 0.306 e. The van der Waals surface area contributed by atoms with Gasteiger partial charge in [0.15, 0.2) is 5.82 Å². The minimum Gasteiger partial charge on any atom is -0.306 e. The number of halogens is 2. The molecule has 2 aromatic heterocycles. The predicted molar refractivity (Wildman–Crippen MR) is 99.6 cm³/mol. The molecule has 1 amide bonds. The zero-order valence-electron chi connectivity index (χ0n) is 15.0. The minimum absolute atomic E-state index is 0.123. The summed E-state index contributed by atoms with van der Waals surface area (Å²) in [6.45, 7) is 3.37. The molecule has 0 atom stereocenters. The van der Waals surface area contributed by atoms with Gasteiger partial charge in [-0.25, -0.2) is 4.39 Å². The Morgan fingerprint density at radius 3 is 2.79 bits per heavy atom. The molecule has 0 saturated heterocycles. The van der Waals surface area contributed by atoms with E-state index < -0.39 is 16.4 Å². The quantitative estimate of drug-likeness (QED) is 0.499. The molecule has 0 unspecified atom stereocenters. The van der Waals surface area contributed by atoms with E-state index in [2.05, 4.69) is 15.5 Å². The lowest BCUT2D eigenvalue weighted by Gasteiger charge is -2.23. The molecule has 0 aliphatic heterocycles. The van der Waals surface area contributed by atoms with E-state index in [1.807, 2.05) is 0 Å². The van der Waals surface area contributed by atoms with E-state index >= 15 is 0 Å². The number of hydrogen-bond donors (Lipinski definition) is 1. The standard InChI is InChI=1S/C17H16ClFN6O3/c1-17(2,24-9-13(7-20-24)25(27)28)16(26)21-15-14(18)10-23(22-15)8-11-4-3-5-12(19)6-11/h3-7,9-10H,8H2,1-2H3,(H,21,22,26). The highest BCUT2D eigenvalue weighted by molar-refractivity contribution is 6.33. The van der Waals surface area contributed by atoms with E-state index in [0.29, 0.717) is 5.56 Å². The Hall–Kier alpha value is -3.27. The molecule has 9 nitrogen and oxygen atoms in total. The molecule has 146 valence electrons. The maximum Gasteiger partial charge on any atom is 0.307 e. The Morgan fingerprint density at radius 2 is 2.14 bits per heavy atom. The van der Waals surface area contributed by atoms with Crippen molar-refractivity contribution in [3.05, 3.63) is 69.4 Å². The van der Waals surface area contributed by atoms with Crippen LogP contribution in [-0.4, -0.2) is 30.4 Å². The molecular weight excluding hydrogens is 391 g/mol. The average molecular weight is 407 g/mol. The van der Waals surface area contributed by atoms with Gasteiger partial charge in [0.1, 0.15) is 28.8 Å². The number of carbonyl (C=O) groups excluding carboxylic acids is 1. The first-order valence-electron chi connectivity index (χ1n) is 8.15. The largest absolute Gasteiger partial charge is 0.307 e. The topological polar surface area (TPSA) is 108 Å². The summed E-state index contributed by atoms with van der Waals surface area (Å²) in [7, 11) is 0. The minimum atomic E-state index is -1.23. The van der Waals surface area contributed by atoms with Gasteiger partial charge in [-0.2, -0.15) is 10.2 Å². The van der Waals surface area contributed by atoms with Crippen LogP contribution < -0.4 is 5.32 Å². The zero-order valence-corrected chi connectivity index (χ0v) is 15.7. The molecule has 2 heterocycles. The number of amides is 1. The monoisotopic (exact) mass is 406 g/mol. The first-order valence-corrected chi connectivity index (χ1v) is 8.53. The molecule has 0 radical (unpaired) electrons. The number of benzene rings is 1. The number of aromatic nitrogens is 4. The molecule has 28 heavy (non-hydrogen) atoms. The maximum atomic E-state index is 13.3. The van der Waals surface area contributed by atoms with Crippen molar-refractivity contribution in [3.8, 4) is 0 Å². The van der Waals surface area contributed by atoms with Crippen LogP contribution in [0.3, 0.4) is 0 Å². The molecular formula is C17H16ClFN6O3. The Labute approximate surface area is 163 Å². The third-order valence-electron chi connectivity index (χ3n) is 4.09. The van der Waals surface area contributed by atoms with Gasteiger partial charge in [-0.1, -0.05) is 23.7 Å². The highest BCUT2D eigenvalue weighted by Gasteiger charge is 2.33. The second kappa shape index (κ2) is 7.39. The van der Waals surface area contributed by atoms with Crippen molar-refractivity contribution in [2.75, 3.05) is 5.32 Å². The molecule has 0 aliphatic carbocycles. The fourth-order valence-electron chi connectivity index (χ4n) is 2.46. The Bertz CT molecular complexity index is 1050. The fraction of sp³-hybridized carbons (Fsp3) is 0.235. The van der Waals surface area contributed by atoms with Gasteiger partial charge in [0.25, 0.3) is 5.91 Å². The van der Waals surface area contributed by atoms with Crippen LogP contribution in [0, 0.1) is 15.9 Å². The molecule has 3 aromatic rings. The number of anilines is 1. The second-order valence-corrected chi connectivity index (χ2v) is 6.97. The lowest BCUT2D eigenvalue weighted by Crippen LogP contribution is -2.40. The van der Waals surface area contributed by atoms with Crippen molar-refractivity contribution in [2.24, 2.45) is 0 Å². The molecule has 0 aliphatic rings. The van der Waals surface area contributed by atoms with Crippen molar-refractivity contribution < 1.29 is 14.1 Å². The molecule has 3 rings (SSSR count). The van der Waals surface area contributed by atoms with E-state index in [9.17, 15) is 19.3 Å². The summed E-state index contributed by atoms with van der Waals surface area (Å²) < 4.78 is 16.0. The Kier molecular flexibility index (Phi) is 5.14. The molecule has 0 saturated carbocycles. The fourth-order valence-corrected chi connectivity index (χ4v) is 2.66. The molecule has 0 fully saturated rings. The van der Waals surface area contributed by atoms with Crippen molar-refractivity contribution in [1.29, 1.82) is 0 Å². The highest BCUT2D eigenvalue weighted by atomic mass is 35.5. The summed E-state index contributed by atoms with van der Waals surface area (Å²) in [5.74, 6) is -0.749. The van der Waals surface area contributed by atoms with Crippen LogP contribution in [0.1, 0.15) is 19.4 Å². The van der Waals surface area contributed by atoms with Crippen LogP contribution in [0.4, 0.5) is 15.9 Å². The Morgan fingerprint density at radius 1 is 1.39 bits per heavy atom. The number of carbonyl (C=O) groups is 1. The van der Waals surface area contributed by atoms with Crippen molar-refractivity contribution in [3.63, 3.8) is 0 Å². The first kappa shape index (κ1) is 19.5. The summed E-state index contributed by atoms with van der Waals surface area (Å²) in [4.78, 5) is 22.9. The van der Waals surface area contributed by atoms with Gasteiger partial charge < -0.3 is 5.32 Å². The summed E-state index contributed by atoms with van der Waals surface area (Å²) >= 11 is 6.14. The molecule has 0 bridgehead atoms. The van der Waals surface area contributed by atoms with Crippen molar-refractivity contribution >= 4 is 29.0 Å². The number of nitrogens with zero attached hydrogens (tertiary/aromatic N) is 5. The average Bonchev–Trinajstić information content (AvgIpc) is 3.23. The number of hydrogen-bond acceptors (Lipinski definition) is 5. The SMILES string of the molecule is CC(C)(C(=O)Nc1nn(Cc2cccc(F)c2)cc1Cl)n1cc([N+](=O)[O-])cn1. The first-order chi connectivity index (χ1) is 13.2. The molecule has 1 N–H and O–H groups in total. The van der Waals surface area contributed by atoms with E-state index in [4.69, 9.17) is 11.6 Å². The van der Waals surface area contributed by atoms with Crippen LogP contribution in [0.2, 0.25) is 5.02 Å². The number of nitro groups is 1. The maximum absolute atomic E-state index is 13.3. The highest BCUT2D eigenvalue weighted by Crippen LogP contribution is 2.24. The van der Waals surface area contributed by atoms with Crippen LogP contribution in [0.5, 0.6) is 0 Å². The summed E-state index contributed by atoms with van der Waals surface area (Å²) in [6, 6.07) is 6.05. The van der Waals surface area contributed by atoms with Gasteiger partial charge in [0.2, 0.25) is 0 Å². The van der Waals surface area contributed by atoms with Crippen molar-refractivity contribution in [1.82, 2.24) is 19.6 Å². The zero-order chi connectivity index (χ0) is 20.5. The van der Waals surface area contributed by atoms with Gasteiger partial charge >= 0.3 is 5.69 Å². The van der Waals surface area contributed by atoms with Crippen LogP contribution in [0.25, 0.3) is 0 Å². The number of nitrogens with one attached hydrogen (secondary N) is 1. The van der Waals surface area contributed by atoms with Crippen molar-refractivity contribution in [2.45, 2.75) is 25.9 Å². The summed E-state index contributed by atoms with van der Waals surface area (Å²) in [5.41, 5.74) is -0.774. The Balaban J connectivity index is 1.76. The predicted octanol–water partition coefficient (Wildman–Crippen LogP) is 3.20. The van der Waals surface area contributed by atoms with E-state index in [1.54, 1.807) is 26.0 Å². The summed E-state index contributed by atoms with van der Waals surface area (Å²) in [6.07, 6.45) is 3.74. The van der Waals surface area contributed by atoms with E-state index in [0.717, 1.165) is 6.20 Å². The van der Waals surface area contributed by atoms with E-state index in [-0.39, 0.29) is 28.9 Å². The van der Waals surface area contributed by atoms with Gasteiger partial charge in [0.05, 0.1) is 11.5 Å². The third-order valence-corrected chi connectivity index (χ3v) is 4.37.